The molecule has 0 spiro atoms. The maximum atomic E-state index is 11.7. The molecule has 0 aliphatic rings. The zero-order valence-electron chi connectivity index (χ0n) is 9.75. The molecule has 0 fully saturated rings. The summed E-state index contributed by atoms with van der Waals surface area (Å²) in [5, 5.41) is 11.1. The minimum Gasteiger partial charge on any atom is -0.480 e. The minimum atomic E-state index is -1.16. The third kappa shape index (κ3) is 4.58. The fourth-order valence-corrected chi connectivity index (χ4v) is 1.83. The lowest BCUT2D eigenvalue weighted by Gasteiger charge is -2.13. The van der Waals surface area contributed by atoms with Crippen LogP contribution in [0.4, 0.5) is 0 Å². The van der Waals surface area contributed by atoms with Crippen LogP contribution in [0.25, 0.3) is 0 Å². The molecule has 0 aliphatic carbocycles. The van der Waals surface area contributed by atoms with Gasteiger partial charge in [-0.25, -0.2) is 4.79 Å². The summed E-state index contributed by atoms with van der Waals surface area (Å²) in [5.41, 5.74) is 0.386. The van der Waals surface area contributed by atoms with E-state index in [1.807, 2.05) is 0 Å². The number of carboxylic acid groups (broad SMARTS) is 1. The van der Waals surface area contributed by atoms with Crippen LogP contribution in [0.1, 0.15) is 17.3 Å². The lowest BCUT2D eigenvalue weighted by Crippen LogP contribution is -2.42. The van der Waals surface area contributed by atoms with Gasteiger partial charge in [0, 0.05) is 18.2 Å². The summed E-state index contributed by atoms with van der Waals surface area (Å²) in [7, 11) is 0. The highest BCUT2D eigenvalue weighted by molar-refractivity contribution is 8.13. The highest BCUT2D eigenvalue weighted by Crippen LogP contribution is 2.06. The molecule has 1 rings (SSSR count). The Morgan fingerprint density at radius 3 is 2.39 bits per heavy atom. The van der Waals surface area contributed by atoms with E-state index in [9.17, 15) is 14.4 Å². The molecule has 2 N–H and O–H groups in total. The van der Waals surface area contributed by atoms with Gasteiger partial charge in [-0.05, 0) is 12.1 Å². The summed E-state index contributed by atoms with van der Waals surface area (Å²) in [6, 6.07) is 7.24. The minimum absolute atomic E-state index is 0.0171. The van der Waals surface area contributed by atoms with Crippen LogP contribution < -0.4 is 5.32 Å². The Morgan fingerprint density at radius 1 is 1.28 bits per heavy atom. The number of hydrogen-bond acceptors (Lipinski definition) is 4. The van der Waals surface area contributed by atoms with E-state index in [4.69, 9.17) is 5.11 Å². The van der Waals surface area contributed by atoms with Crippen LogP contribution >= 0.6 is 11.8 Å². The lowest BCUT2D eigenvalue weighted by molar-refractivity contribution is -0.138. The lowest BCUT2D eigenvalue weighted by atomic mass is 10.2. The van der Waals surface area contributed by atoms with E-state index in [0.29, 0.717) is 5.56 Å². The summed E-state index contributed by atoms with van der Waals surface area (Å²) in [5.74, 6) is -1.61. The van der Waals surface area contributed by atoms with Crippen molar-refractivity contribution >= 4 is 28.8 Å². The van der Waals surface area contributed by atoms with Gasteiger partial charge in [-0.1, -0.05) is 30.0 Å². The van der Waals surface area contributed by atoms with Gasteiger partial charge in [-0.3, -0.25) is 9.59 Å². The summed E-state index contributed by atoms with van der Waals surface area (Å²) in [4.78, 5) is 33.5. The molecule has 0 bridgehead atoms. The highest BCUT2D eigenvalue weighted by Gasteiger charge is 2.21. The van der Waals surface area contributed by atoms with Crippen LogP contribution in [0.15, 0.2) is 30.3 Å². The molecular weight excluding hydrogens is 254 g/mol. The first-order valence-electron chi connectivity index (χ1n) is 5.23. The first-order valence-corrected chi connectivity index (χ1v) is 6.21. The SMILES string of the molecule is CC(=O)SCC(NC(=O)c1ccccc1)C(=O)O. The van der Waals surface area contributed by atoms with Gasteiger partial charge in [0.1, 0.15) is 6.04 Å². The molecule has 0 saturated heterocycles. The average molecular weight is 267 g/mol. The predicted molar refractivity (Wildman–Crippen MR) is 68.5 cm³/mol. The molecule has 0 saturated carbocycles. The summed E-state index contributed by atoms with van der Waals surface area (Å²) in [6.45, 7) is 1.35. The van der Waals surface area contributed by atoms with E-state index >= 15 is 0 Å². The standard InChI is InChI=1S/C12H13NO4S/c1-8(14)18-7-10(12(16)17)13-11(15)9-5-3-2-4-6-9/h2-6,10H,7H2,1H3,(H,13,15)(H,16,17). The van der Waals surface area contributed by atoms with Crippen molar-refractivity contribution in [2.75, 3.05) is 5.75 Å². The van der Waals surface area contributed by atoms with Gasteiger partial charge in [0.25, 0.3) is 5.91 Å². The fourth-order valence-electron chi connectivity index (χ4n) is 1.21. The first-order chi connectivity index (χ1) is 8.50. The molecule has 0 aromatic heterocycles. The van der Waals surface area contributed by atoms with E-state index in [1.54, 1.807) is 30.3 Å². The van der Waals surface area contributed by atoms with Gasteiger partial charge < -0.3 is 10.4 Å². The van der Waals surface area contributed by atoms with Gasteiger partial charge in [0.2, 0.25) is 0 Å². The third-order valence-electron chi connectivity index (χ3n) is 2.09. The predicted octanol–water partition coefficient (Wildman–Crippen LogP) is 1.15. The normalized spacial score (nSPS) is 11.6. The number of aliphatic carboxylic acids is 1. The average Bonchev–Trinajstić information content (AvgIpc) is 2.34. The van der Waals surface area contributed by atoms with Gasteiger partial charge >= 0.3 is 5.97 Å². The second-order valence-electron chi connectivity index (χ2n) is 3.53. The van der Waals surface area contributed by atoms with Crippen LogP contribution in [-0.4, -0.2) is 33.9 Å². The summed E-state index contributed by atoms with van der Waals surface area (Å²) in [6.07, 6.45) is 0. The Hall–Kier alpha value is -1.82. The van der Waals surface area contributed by atoms with E-state index in [2.05, 4.69) is 5.32 Å². The smallest absolute Gasteiger partial charge is 0.327 e. The van der Waals surface area contributed by atoms with Crippen molar-refractivity contribution in [2.45, 2.75) is 13.0 Å². The monoisotopic (exact) mass is 267 g/mol. The van der Waals surface area contributed by atoms with E-state index in [0.717, 1.165) is 11.8 Å². The molecule has 1 aromatic rings. The van der Waals surface area contributed by atoms with Gasteiger partial charge in [0.05, 0.1) is 0 Å². The molecule has 6 heteroatoms. The maximum Gasteiger partial charge on any atom is 0.327 e. The molecule has 0 heterocycles. The Morgan fingerprint density at radius 2 is 1.89 bits per heavy atom. The van der Waals surface area contributed by atoms with E-state index in [-0.39, 0.29) is 10.9 Å². The van der Waals surface area contributed by atoms with Crippen molar-refractivity contribution in [1.82, 2.24) is 5.32 Å². The topological polar surface area (TPSA) is 83.5 Å². The molecule has 18 heavy (non-hydrogen) atoms. The largest absolute Gasteiger partial charge is 0.480 e. The number of hydrogen-bond donors (Lipinski definition) is 2. The zero-order valence-corrected chi connectivity index (χ0v) is 10.6. The van der Waals surface area contributed by atoms with Crippen molar-refractivity contribution in [1.29, 1.82) is 0 Å². The number of carbonyl (C=O) groups is 3. The Kier molecular flexibility index (Phi) is 5.38. The van der Waals surface area contributed by atoms with Crippen molar-refractivity contribution in [3.05, 3.63) is 35.9 Å². The van der Waals surface area contributed by atoms with E-state index < -0.39 is 17.9 Å². The molecular formula is C12H13NO4S. The number of carboxylic acids is 1. The van der Waals surface area contributed by atoms with Crippen molar-refractivity contribution in [3.8, 4) is 0 Å². The van der Waals surface area contributed by atoms with Crippen LogP contribution in [0.2, 0.25) is 0 Å². The van der Waals surface area contributed by atoms with E-state index in [1.165, 1.54) is 6.92 Å². The molecule has 5 nitrogen and oxygen atoms in total. The third-order valence-corrected chi connectivity index (χ3v) is 3.00. The molecule has 96 valence electrons. The molecule has 0 radical (unpaired) electrons. The second kappa shape index (κ2) is 6.80. The Labute approximate surface area is 109 Å². The Balaban J connectivity index is 2.64. The maximum absolute atomic E-state index is 11.7. The molecule has 1 atom stereocenters. The zero-order chi connectivity index (χ0) is 13.5. The van der Waals surface area contributed by atoms with Crippen LogP contribution in [0.5, 0.6) is 0 Å². The van der Waals surface area contributed by atoms with Crippen molar-refractivity contribution in [3.63, 3.8) is 0 Å². The number of carbonyl (C=O) groups excluding carboxylic acids is 2. The van der Waals surface area contributed by atoms with Crippen LogP contribution in [0.3, 0.4) is 0 Å². The fraction of sp³-hybridized carbons (Fsp3) is 0.250. The highest BCUT2D eigenvalue weighted by atomic mass is 32.2. The summed E-state index contributed by atoms with van der Waals surface area (Å²) < 4.78 is 0. The van der Waals surface area contributed by atoms with Gasteiger partial charge in [-0.15, -0.1) is 0 Å². The van der Waals surface area contributed by atoms with Crippen molar-refractivity contribution in [2.24, 2.45) is 0 Å². The molecule has 1 unspecified atom stereocenters. The summed E-state index contributed by atoms with van der Waals surface area (Å²) >= 11 is 0.870. The molecule has 1 amide bonds. The molecule has 0 aliphatic heterocycles. The number of thioether (sulfide) groups is 1. The van der Waals surface area contributed by atoms with Crippen LogP contribution in [0, 0.1) is 0 Å². The van der Waals surface area contributed by atoms with Gasteiger partial charge in [0.15, 0.2) is 5.12 Å². The first kappa shape index (κ1) is 14.2. The van der Waals surface area contributed by atoms with Crippen molar-refractivity contribution < 1.29 is 19.5 Å². The number of benzene rings is 1. The molecule has 1 aromatic carbocycles. The second-order valence-corrected chi connectivity index (χ2v) is 4.73. The Bertz CT molecular complexity index is 447. The number of amides is 1. The number of rotatable bonds is 5. The van der Waals surface area contributed by atoms with Gasteiger partial charge in [-0.2, -0.15) is 0 Å². The number of nitrogens with one attached hydrogen (secondary N) is 1. The van der Waals surface area contributed by atoms with Crippen LogP contribution in [-0.2, 0) is 9.59 Å². The quantitative estimate of drug-likeness (QED) is 0.836.